The van der Waals surface area contributed by atoms with E-state index in [1.807, 2.05) is 58.0 Å². The second-order valence-electron chi connectivity index (χ2n) is 9.87. The van der Waals surface area contributed by atoms with Crippen molar-refractivity contribution in [2.24, 2.45) is 23.5 Å². The van der Waals surface area contributed by atoms with Crippen LogP contribution in [0.4, 0.5) is 0 Å². The van der Waals surface area contributed by atoms with Crippen molar-refractivity contribution < 1.29 is 19.1 Å². The summed E-state index contributed by atoms with van der Waals surface area (Å²) in [5, 5.41) is 2.94. The second-order valence-corrected chi connectivity index (χ2v) is 9.87. The van der Waals surface area contributed by atoms with Crippen LogP contribution in [0.3, 0.4) is 0 Å². The van der Waals surface area contributed by atoms with Crippen molar-refractivity contribution in [2.75, 3.05) is 6.61 Å². The maximum Gasteiger partial charge on any atom is 0.224 e. The molecular formula is C25H38N2O4. The van der Waals surface area contributed by atoms with Crippen molar-refractivity contribution in [3.05, 3.63) is 35.9 Å². The summed E-state index contributed by atoms with van der Waals surface area (Å²) >= 11 is 0. The summed E-state index contributed by atoms with van der Waals surface area (Å²) < 4.78 is 5.32. The molecule has 1 aliphatic heterocycles. The lowest BCUT2D eigenvalue weighted by molar-refractivity contribution is -0.134. The molecule has 1 heterocycles. The van der Waals surface area contributed by atoms with Gasteiger partial charge in [0.05, 0.1) is 18.7 Å². The van der Waals surface area contributed by atoms with Crippen LogP contribution in [0.1, 0.15) is 59.4 Å². The number of hydrogen-bond acceptors (Lipinski definition) is 5. The van der Waals surface area contributed by atoms with Crippen molar-refractivity contribution in [3.63, 3.8) is 0 Å². The zero-order chi connectivity index (χ0) is 23.2. The van der Waals surface area contributed by atoms with Gasteiger partial charge in [-0.15, -0.1) is 0 Å². The number of ketones is 2. The summed E-state index contributed by atoms with van der Waals surface area (Å²) in [7, 11) is 0. The normalized spacial score (nSPS) is 20.9. The third kappa shape index (κ3) is 7.86. The van der Waals surface area contributed by atoms with Crippen molar-refractivity contribution in [1.82, 2.24) is 5.32 Å². The van der Waals surface area contributed by atoms with Gasteiger partial charge in [0.25, 0.3) is 0 Å². The summed E-state index contributed by atoms with van der Waals surface area (Å²) in [4.78, 5) is 38.9. The minimum Gasteiger partial charge on any atom is -0.361 e. The molecule has 0 aliphatic carbocycles. The van der Waals surface area contributed by atoms with Crippen LogP contribution in [0, 0.1) is 17.8 Å². The molecule has 0 saturated carbocycles. The molecule has 2 rings (SSSR count). The van der Waals surface area contributed by atoms with Gasteiger partial charge in [-0.05, 0) is 43.6 Å². The summed E-state index contributed by atoms with van der Waals surface area (Å²) in [5.74, 6) is -0.552. The number of nitrogens with two attached hydrogens (primary N) is 1. The van der Waals surface area contributed by atoms with Crippen molar-refractivity contribution in [1.29, 1.82) is 0 Å². The molecule has 0 bridgehead atoms. The topological polar surface area (TPSA) is 102 Å². The Balaban J connectivity index is 2.16. The average Bonchev–Trinajstić information content (AvgIpc) is 3.44. The van der Waals surface area contributed by atoms with Crippen LogP contribution in [-0.2, 0) is 25.5 Å². The zero-order valence-corrected chi connectivity index (χ0v) is 19.5. The van der Waals surface area contributed by atoms with Gasteiger partial charge in [0.1, 0.15) is 11.4 Å². The first-order chi connectivity index (χ1) is 14.5. The smallest absolute Gasteiger partial charge is 0.224 e. The highest BCUT2D eigenvalue weighted by molar-refractivity contribution is 5.97. The molecule has 0 radical (unpaired) electrons. The Kier molecular flexibility index (Phi) is 8.95. The number of epoxide rings is 1. The van der Waals surface area contributed by atoms with Gasteiger partial charge in [0.15, 0.2) is 5.78 Å². The minimum absolute atomic E-state index is 0.0605. The molecule has 1 aromatic carbocycles. The number of ether oxygens (including phenoxy) is 1. The molecule has 0 aromatic heterocycles. The fraction of sp³-hybridized carbons (Fsp3) is 0.640. The highest BCUT2D eigenvalue weighted by Crippen LogP contribution is 2.30. The van der Waals surface area contributed by atoms with E-state index in [4.69, 9.17) is 10.5 Å². The number of amides is 1. The maximum absolute atomic E-state index is 13.3. The van der Waals surface area contributed by atoms with Crippen LogP contribution in [0.15, 0.2) is 30.3 Å². The standard InChI is InChI=1S/C25H38N2O4/c1-16(2)11-20(26)22(28)14-19(13-18-9-7-6-8-10-18)24(30)27-21(12-17(3)4)23(29)25(5)15-31-25/h6-10,16-17,19-21H,11-15,26H2,1-5H3,(H,27,30)/t19-,20+,21+,25-/m1/s1. The van der Waals surface area contributed by atoms with E-state index in [1.165, 1.54) is 0 Å². The van der Waals surface area contributed by atoms with Gasteiger partial charge in [0, 0.05) is 12.3 Å². The van der Waals surface area contributed by atoms with Gasteiger partial charge in [-0.1, -0.05) is 58.0 Å². The predicted octanol–water partition coefficient (Wildman–Crippen LogP) is 3.07. The number of rotatable bonds is 13. The SMILES string of the molecule is CC(C)C[C@H](NC(=O)[C@@H](CC(=O)[C@@H](N)CC(C)C)Cc1ccccc1)C(=O)[C@@]1(C)CO1. The number of carbonyl (C=O) groups is 3. The Morgan fingerprint density at radius 3 is 2.16 bits per heavy atom. The van der Waals surface area contributed by atoms with E-state index >= 15 is 0 Å². The molecular weight excluding hydrogens is 392 g/mol. The number of Topliss-reactive ketones (excluding diaryl/α,β-unsaturated/α-hetero) is 2. The lowest BCUT2D eigenvalue weighted by Crippen LogP contribution is -2.49. The van der Waals surface area contributed by atoms with Crippen LogP contribution in [0.25, 0.3) is 0 Å². The first-order valence-electron chi connectivity index (χ1n) is 11.3. The molecule has 6 nitrogen and oxygen atoms in total. The maximum atomic E-state index is 13.3. The Hall–Kier alpha value is -2.05. The number of carbonyl (C=O) groups excluding carboxylic acids is 3. The number of benzene rings is 1. The molecule has 3 N–H and O–H groups in total. The summed E-state index contributed by atoms with van der Waals surface area (Å²) in [5.41, 5.74) is 6.25. The zero-order valence-electron chi connectivity index (χ0n) is 19.5. The largest absolute Gasteiger partial charge is 0.361 e. The van der Waals surface area contributed by atoms with Crippen LogP contribution < -0.4 is 11.1 Å². The van der Waals surface area contributed by atoms with E-state index in [2.05, 4.69) is 5.32 Å². The molecule has 1 fully saturated rings. The van der Waals surface area contributed by atoms with E-state index < -0.39 is 23.6 Å². The fourth-order valence-electron chi connectivity index (χ4n) is 3.80. The predicted molar refractivity (Wildman–Crippen MR) is 121 cm³/mol. The highest BCUT2D eigenvalue weighted by atomic mass is 16.6. The van der Waals surface area contributed by atoms with Gasteiger partial charge in [-0.25, -0.2) is 0 Å². The number of nitrogens with one attached hydrogen (secondary N) is 1. The Morgan fingerprint density at radius 1 is 1.06 bits per heavy atom. The van der Waals surface area contributed by atoms with Gasteiger partial charge in [-0.2, -0.15) is 0 Å². The molecule has 1 saturated heterocycles. The molecule has 1 aliphatic rings. The van der Waals surface area contributed by atoms with Crippen molar-refractivity contribution in [2.45, 2.75) is 78.0 Å². The van der Waals surface area contributed by atoms with Crippen LogP contribution >= 0.6 is 0 Å². The first-order valence-corrected chi connectivity index (χ1v) is 11.3. The molecule has 1 amide bonds. The molecule has 1 aromatic rings. The van der Waals surface area contributed by atoms with Crippen LogP contribution in [-0.4, -0.2) is 41.8 Å². The number of hydrogen-bond donors (Lipinski definition) is 2. The van der Waals surface area contributed by atoms with E-state index in [9.17, 15) is 14.4 Å². The molecule has 31 heavy (non-hydrogen) atoms. The van der Waals surface area contributed by atoms with Gasteiger partial charge >= 0.3 is 0 Å². The van der Waals surface area contributed by atoms with Crippen molar-refractivity contribution >= 4 is 17.5 Å². The highest BCUT2D eigenvalue weighted by Gasteiger charge is 2.50. The third-order valence-electron chi connectivity index (χ3n) is 5.72. The first kappa shape index (κ1) is 25.2. The second kappa shape index (κ2) is 11.0. The van der Waals surface area contributed by atoms with Gasteiger partial charge in [-0.3, -0.25) is 14.4 Å². The average molecular weight is 431 g/mol. The van der Waals surface area contributed by atoms with E-state index in [0.717, 1.165) is 5.56 Å². The molecule has 172 valence electrons. The Morgan fingerprint density at radius 2 is 1.65 bits per heavy atom. The third-order valence-corrected chi connectivity index (χ3v) is 5.72. The molecule has 0 unspecified atom stereocenters. The fourth-order valence-corrected chi connectivity index (χ4v) is 3.80. The van der Waals surface area contributed by atoms with Crippen LogP contribution in [0.5, 0.6) is 0 Å². The quantitative estimate of drug-likeness (QED) is 0.468. The molecule has 4 atom stereocenters. The molecule has 0 spiro atoms. The monoisotopic (exact) mass is 430 g/mol. The Bertz CT molecular complexity index is 756. The van der Waals surface area contributed by atoms with E-state index in [-0.39, 0.29) is 29.8 Å². The lowest BCUT2D eigenvalue weighted by atomic mass is 9.88. The lowest BCUT2D eigenvalue weighted by Gasteiger charge is -2.25. The van der Waals surface area contributed by atoms with Gasteiger partial charge in [0.2, 0.25) is 5.91 Å². The summed E-state index contributed by atoms with van der Waals surface area (Å²) in [6, 6.07) is 8.40. The van der Waals surface area contributed by atoms with Crippen LogP contribution in [0.2, 0.25) is 0 Å². The minimum atomic E-state index is -0.808. The summed E-state index contributed by atoms with van der Waals surface area (Å²) in [6.07, 6.45) is 1.60. The van der Waals surface area contributed by atoms with Crippen molar-refractivity contribution in [3.8, 4) is 0 Å². The van der Waals surface area contributed by atoms with Gasteiger partial charge < -0.3 is 15.8 Å². The van der Waals surface area contributed by atoms with E-state index in [0.29, 0.717) is 31.8 Å². The summed E-state index contributed by atoms with van der Waals surface area (Å²) in [6.45, 7) is 10.2. The van der Waals surface area contributed by atoms with E-state index in [1.54, 1.807) is 6.92 Å². The molecule has 6 heteroatoms. The Labute approximate surface area is 186 Å².